The summed E-state index contributed by atoms with van der Waals surface area (Å²) in [5, 5.41) is 3.53. The van der Waals surface area contributed by atoms with Crippen LogP contribution in [0, 0.1) is 12.8 Å². The van der Waals surface area contributed by atoms with Gasteiger partial charge in [-0.05, 0) is 43.4 Å². The summed E-state index contributed by atoms with van der Waals surface area (Å²) in [5.74, 6) is 0.153. The fraction of sp³-hybridized carbons (Fsp3) is 0.238. The zero-order valence-electron chi connectivity index (χ0n) is 14.0. The van der Waals surface area contributed by atoms with Crippen molar-refractivity contribution in [1.29, 1.82) is 0 Å². The van der Waals surface area contributed by atoms with Gasteiger partial charge in [-0.3, -0.25) is 9.59 Å². The molecule has 0 radical (unpaired) electrons. The Morgan fingerprint density at radius 2 is 1.84 bits per heavy atom. The standard InChI is InChI=1S/C21H19NO3/c1-13-6-8-14(9-7-13)20(15-10-11-15)22-21(24)19-12-17(23)16-4-2-3-5-18(16)25-19/h2-9,12,15,20H,10-11H2,1H3,(H,22,24). The van der Waals surface area contributed by atoms with Crippen molar-refractivity contribution in [2.75, 3.05) is 0 Å². The molecule has 1 aliphatic carbocycles. The molecule has 1 heterocycles. The highest BCUT2D eigenvalue weighted by Gasteiger charge is 2.34. The second-order valence-electron chi connectivity index (χ2n) is 6.67. The molecule has 0 bridgehead atoms. The quantitative estimate of drug-likeness (QED) is 0.785. The van der Waals surface area contributed by atoms with Gasteiger partial charge < -0.3 is 9.73 Å². The Hall–Kier alpha value is -2.88. The van der Waals surface area contributed by atoms with Crippen molar-refractivity contribution < 1.29 is 9.21 Å². The predicted octanol–water partition coefficient (Wildman–Crippen LogP) is 3.98. The molecule has 1 aromatic heterocycles. The number of para-hydroxylation sites is 1. The highest BCUT2D eigenvalue weighted by molar-refractivity contribution is 5.93. The van der Waals surface area contributed by atoms with Crippen LogP contribution in [-0.4, -0.2) is 5.91 Å². The number of hydrogen-bond acceptors (Lipinski definition) is 3. The van der Waals surface area contributed by atoms with Gasteiger partial charge in [0.15, 0.2) is 11.2 Å². The van der Waals surface area contributed by atoms with E-state index in [0.29, 0.717) is 16.9 Å². The average Bonchev–Trinajstić information content (AvgIpc) is 3.45. The summed E-state index contributed by atoms with van der Waals surface area (Å²) in [4.78, 5) is 24.9. The fourth-order valence-corrected chi connectivity index (χ4v) is 3.10. The molecule has 1 unspecified atom stereocenters. The van der Waals surface area contributed by atoms with Crippen molar-refractivity contribution in [1.82, 2.24) is 5.32 Å². The minimum absolute atomic E-state index is 0.0510. The third-order valence-electron chi connectivity index (χ3n) is 4.67. The first kappa shape index (κ1) is 15.6. The van der Waals surface area contributed by atoms with Gasteiger partial charge in [0, 0.05) is 6.07 Å². The van der Waals surface area contributed by atoms with E-state index in [2.05, 4.69) is 17.4 Å². The molecule has 0 saturated heterocycles. The molecule has 4 nitrogen and oxygen atoms in total. The molecule has 1 N–H and O–H groups in total. The van der Waals surface area contributed by atoms with E-state index in [1.165, 1.54) is 11.6 Å². The van der Waals surface area contributed by atoms with Crippen LogP contribution in [0.2, 0.25) is 0 Å². The van der Waals surface area contributed by atoms with Crippen molar-refractivity contribution in [2.24, 2.45) is 5.92 Å². The second kappa shape index (κ2) is 6.20. The first-order chi connectivity index (χ1) is 12.1. The van der Waals surface area contributed by atoms with Crippen LogP contribution in [0.15, 0.2) is 63.8 Å². The lowest BCUT2D eigenvalue weighted by molar-refractivity contribution is 0.0904. The molecule has 1 aliphatic rings. The van der Waals surface area contributed by atoms with Gasteiger partial charge in [0.25, 0.3) is 5.91 Å². The van der Waals surface area contributed by atoms with Gasteiger partial charge in [-0.15, -0.1) is 0 Å². The topological polar surface area (TPSA) is 59.3 Å². The molecule has 1 amide bonds. The first-order valence-corrected chi connectivity index (χ1v) is 8.52. The lowest BCUT2D eigenvalue weighted by Gasteiger charge is -2.18. The minimum Gasteiger partial charge on any atom is -0.451 e. The summed E-state index contributed by atoms with van der Waals surface area (Å²) in [7, 11) is 0. The third-order valence-corrected chi connectivity index (χ3v) is 4.67. The molecule has 4 heteroatoms. The first-order valence-electron chi connectivity index (χ1n) is 8.52. The van der Waals surface area contributed by atoms with E-state index in [4.69, 9.17) is 4.42 Å². The molecule has 3 aromatic rings. The Bertz CT molecular complexity index is 984. The number of carbonyl (C=O) groups is 1. The van der Waals surface area contributed by atoms with Crippen molar-refractivity contribution in [3.8, 4) is 0 Å². The number of hydrogen-bond donors (Lipinski definition) is 1. The van der Waals surface area contributed by atoms with Crippen molar-refractivity contribution >= 4 is 16.9 Å². The lowest BCUT2D eigenvalue weighted by Crippen LogP contribution is -2.30. The molecular weight excluding hydrogens is 314 g/mol. The van der Waals surface area contributed by atoms with E-state index in [1.807, 2.05) is 19.1 Å². The van der Waals surface area contributed by atoms with Crippen LogP contribution in [0.25, 0.3) is 11.0 Å². The molecule has 0 spiro atoms. The van der Waals surface area contributed by atoms with Crippen LogP contribution in [0.3, 0.4) is 0 Å². The van der Waals surface area contributed by atoms with Gasteiger partial charge in [0.05, 0.1) is 11.4 Å². The largest absolute Gasteiger partial charge is 0.451 e. The summed E-state index contributed by atoms with van der Waals surface area (Å²) in [6, 6.07) is 16.4. The number of amides is 1. The van der Waals surface area contributed by atoms with Gasteiger partial charge in [0.1, 0.15) is 5.58 Å². The van der Waals surface area contributed by atoms with E-state index < -0.39 is 0 Å². The summed E-state index contributed by atoms with van der Waals surface area (Å²) >= 11 is 0. The van der Waals surface area contributed by atoms with E-state index in [0.717, 1.165) is 18.4 Å². The third kappa shape index (κ3) is 3.20. The maximum atomic E-state index is 12.7. The highest BCUT2D eigenvalue weighted by Crippen LogP contribution is 2.41. The van der Waals surface area contributed by atoms with Crippen LogP contribution in [0.5, 0.6) is 0 Å². The lowest BCUT2D eigenvalue weighted by atomic mass is 10.0. The van der Waals surface area contributed by atoms with E-state index in [9.17, 15) is 9.59 Å². The smallest absolute Gasteiger partial charge is 0.287 e. The summed E-state index contributed by atoms with van der Waals surface area (Å²) in [6.07, 6.45) is 2.20. The highest BCUT2D eigenvalue weighted by atomic mass is 16.3. The summed E-state index contributed by atoms with van der Waals surface area (Å²) < 4.78 is 5.65. The van der Waals surface area contributed by atoms with Crippen molar-refractivity contribution in [3.63, 3.8) is 0 Å². The number of carbonyl (C=O) groups excluding carboxylic acids is 1. The number of nitrogens with one attached hydrogen (secondary N) is 1. The zero-order chi connectivity index (χ0) is 17.4. The predicted molar refractivity (Wildman–Crippen MR) is 96.6 cm³/mol. The maximum Gasteiger partial charge on any atom is 0.287 e. The summed E-state index contributed by atoms with van der Waals surface area (Å²) in [5.41, 5.74) is 2.50. The number of benzene rings is 2. The molecule has 0 aliphatic heterocycles. The van der Waals surface area contributed by atoms with Crippen LogP contribution in [0.4, 0.5) is 0 Å². The molecule has 1 fully saturated rings. The van der Waals surface area contributed by atoms with E-state index in [-0.39, 0.29) is 23.1 Å². The molecule has 2 aromatic carbocycles. The second-order valence-corrected chi connectivity index (χ2v) is 6.67. The Morgan fingerprint density at radius 3 is 2.56 bits per heavy atom. The Balaban J connectivity index is 1.64. The normalized spacial score (nSPS) is 15.1. The number of rotatable bonds is 4. The Morgan fingerprint density at radius 1 is 1.12 bits per heavy atom. The Kier molecular flexibility index (Phi) is 3.88. The average molecular weight is 333 g/mol. The minimum atomic E-state index is -0.347. The van der Waals surface area contributed by atoms with Gasteiger partial charge >= 0.3 is 0 Å². The SMILES string of the molecule is Cc1ccc(C(NC(=O)c2cc(=O)c3ccccc3o2)C2CC2)cc1. The Labute approximate surface area is 145 Å². The van der Waals surface area contributed by atoms with E-state index in [1.54, 1.807) is 24.3 Å². The number of fused-ring (bicyclic) bond motifs is 1. The maximum absolute atomic E-state index is 12.7. The van der Waals surface area contributed by atoms with E-state index >= 15 is 0 Å². The van der Waals surface area contributed by atoms with Crippen LogP contribution in [-0.2, 0) is 0 Å². The zero-order valence-corrected chi connectivity index (χ0v) is 14.0. The van der Waals surface area contributed by atoms with Crippen molar-refractivity contribution in [3.05, 3.63) is 81.7 Å². The monoisotopic (exact) mass is 333 g/mol. The van der Waals surface area contributed by atoms with Gasteiger partial charge in [0.2, 0.25) is 0 Å². The molecule has 1 atom stereocenters. The molecule has 4 rings (SSSR count). The van der Waals surface area contributed by atoms with Gasteiger partial charge in [-0.1, -0.05) is 42.0 Å². The van der Waals surface area contributed by atoms with Crippen molar-refractivity contribution in [2.45, 2.75) is 25.8 Å². The summed E-state index contributed by atoms with van der Waals surface area (Å²) in [6.45, 7) is 2.04. The molecular formula is C21H19NO3. The van der Waals surface area contributed by atoms with Gasteiger partial charge in [-0.2, -0.15) is 0 Å². The molecule has 126 valence electrons. The van der Waals surface area contributed by atoms with Crippen LogP contribution >= 0.6 is 0 Å². The van der Waals surface area contributed by atoms with Crippen LogP contribution in [0.1, 0.15) is 40.6 Å². The fourth-order valence-electron chi connectivity index (χ4n) is 3.10. The molecule has 25 heavy (non-hydrogen) atoms. The van der Waals surface area contributed by atoms with Crippen LogP contribution < -0.4 is 10.7 Å². The number of aryl methyl sites for hydroxylation is 1. The van der Waals surface area contributed by atoms with Gasteiger partial charge in [-0.25, -0.2) is 0 Å². The molecule has 1 saturated carbocycles.